The second-order valence-electron chi connectivity index (χ2n) is 4.30. The minimum atomic E-state index is -1.48. The van der Waals surface area contributed by atoms with Gasteiger partial charge in [0.2, 0.25) is 11.8 Å². The highest BCUT2D eigenvalue weighted by atomic mass is 16.4. The number of aliphatic carboxylic acids is 4. The van der Waals surface area contributed by atoms with Crippen LogP contribution in [0.1, 0.15) is 0 Å². The van der Waals surface area contributed by atoms with E-state index in [0.29, 0.717) is 22.0 Å². The van der Waals surface area contributed by atoms with Crippen LogP contribution in [0.5, 0.6) is 0 Å². The Labute approximate surface area is 134 Å². The Morgan fingerprint density at radius 1 is 0.542 bits per heavy atom. The summed E-state index contributed by atoms with van der Waals surface area (Å²) >= 11 is 0. The van der Waals surface area contributed by atoms with Crippen LogP contribution in [0, 0.1) is 0 Å². The topological polar surface area (TPSA) is 190 Å². The van der Waals surface area contributed by atoms with Crippen molar-refractivity contribution >= 4 is 35.7 Å². The van der Waals surface area contributed by atoms with Gasteiger partial charge in [0.25, 0.3) is 0 Å². The monoisotopic (exact) mass is 346 g/mol. The van der Waals surface area contributed by atoms with Crippen LogP contribution in [0.4, 0.5) is 0 Å². The maximum atomic E-state index is 11.7. The fraction of sp³-hybridized carbons (Fsp3) is 0.333. The van der Waals surface area contributed by atoms with E-state index in [9.17, 15) is 28.8 Å². The van der Waals surface area contributed by atoms with Gasteiger partial charge in [-0.25, -0.2) is 0 Å². The first kappa shape index (κ1) is 20.6. The van der Waals surface area contributed by atoms with Gasteiger partial charge in [0.05, 0.1) is 0 Å². The van der Waals surface area contributed by atoms with Crippen LogP contribution in [0.2, 0.25) is 0 Å². The third-order valence-corrected chi connectivity index (χ3v) is 2.30. The Hall–Kier alpha value is -3.44. The lowest BCUT2D eigenvalue weighted by atomic mass is 10.3. The summed E-state index contributed by atoms with van der Waals surface area (Å²) in [6.07, 6.45) is 1.07. The minimum Gasteiger partial charge on any atom is -0.480 e. The van der Waals surface area contributed by atoms with Gasteiger partial charge in [0, 0.05) is 12.2 Å². The molecule has 0 aromatic heterocycles. The predicted octanol–water partition coefficient (Wildman–Crippen LogP) is -2.46. The summed E-state index contributed by atoms with van der Waals surface area (Å²) in [6.45, 7) is -3.73. The molecule has 0 radical (unpaired) electrons. The molecular weight excluding hydrogens is 332 g/mol. The first-order valence-electron chi connectivity index (χ1n) is 6.16. The van der Waals surface area contributed by atoms with E-state index in [1.54, 1.807) is 0 Å². The summed E-state index contributed by atoms with van der Waals surface area (Å²) in [5.41, 5.74) is 0. The second kappa shape index (κ2) is 9.55. The molecule has 12 heteroatoms. The van der Waals surface area contributed by atoms with Crippen molar-refractivity contribution in [1.29, 1.82) is 0 Å². The number of carbonyl (C=O) groups is 6. The van der Waals surface area contributed by atoms with Gasteiger partial charge in [-0.1, -0.05) is 0 Å². The fourth-order valence-corrected chi connectivity index (χ4v) is 1.43. The summed E-state index contributed by atoms with van der Waals surface area (Å²) in [7, 11) is 0. The van der Waals surface area contributed by atoms with Crippen molar-refractivity contribution in [2.45, 2.75) is 0 Å². The fourth-order valence-electron chi connectivity index (χ4n) is 1.43. The Morgan fingerprint density at radius 3 is 0.917 bits per heavy atom. The average Bonchev–Trinajstić information content (AvgIpc) is 2.40. The lowest BCUT2D eigenvalue weighted by molar-refractivity contribution is -0.148. The zero-order chi connectivity index (χ0) is 18.9. The molecule has 0 rings (SSSR count). The molecule has 0 bridgehead atoms. The van der Waals surface area contributed by atoms with E-state index in [1.165, 1.54) is 0 Å². The van der Waals surface area contributed by atoms with Crippen molar-refractivity contribution < 1.29 is 49.2 Å². The van der Waals surface area contributed by atoms with E-state index in [1.807, 2.05) is 0 Å². The molecule has 0 aliphatic rings. The molecule has 0 fully saturated rings. The number of carboxylic acids is 4. The largest absolute Gasteiger partial charge is 0.480 e. The predicted molar refractivity (Wildman–Crippen MR) is 72.8 cm³/mol. The first-order valence-corrected chi connectivity index (χ1v) is 6.16. The molecule has 0 heterocycles. The van der Waals surface area contributed by atoms with Crippen LogP contribution < -0.4 is 0 Å². The number of carboxylic acid groups (broad SMARTS) is 4. The summed E-state index contributed by atoms with van der Waals surface area (Å²) in [5.74, 6) is -8.19. The minimum absolute atomic E-state index is 0.410. The highest BCUT2D eigenvalue weighted by Gasteiger charge is 2.20. The summed E-state index contributed by atoms with van der Waals surface area (Å²) in [5, 5.41) is 34.4. The molecule has 24 heavy (non-hydrogen) atoms. The van der Waals surface area contributed by atoms with E-state index in [2.05, 4.69) is 0 Å². The lowest BCUT2D eigenvalue weighted by Gasteiger charge is -2.17. The molecular formula is C12H14N2O10. The van der Waals surface area contributed by atoms with Gasteiger partial charge < -0.3 is 30.2 Å². The molecule has 0 aromatic carbocycles. The Balaban J connectivity index is 5.07. The van der Waals surface area contributed by atoms with E-state index in [0.717, 1.165) is 0 Å². The first-order chi connectivity index (χ1) is 11.0. The molecule has 0 unspecified atom stereocenters. The molecule has 0 saturated heterocycles. The van der Waals surface area contributed by atoms with Crippen LogP contribution in [-0.2, 0) is 28.8 Å². The Morgan fingerprint density at radius 2 is 0.750 bits per heavy atom. The van der Waals surface area contributed by atoms with Gasteiger partial charge >= 0.3 is 23.9 Å². The SMILES string of the molecule is O=C(O)CN(CC(=O)O)C(=O)C=CC(=O)N(CC(=O)O)CC(=O)O. The van der Waals surface area contributed by atoms with Crippen LogP contribution in [-0.4, -0.2) is 92.1 Å². The van der Waals surface area contributed by atoms with Crippen LogP contribution >= 0.6 is 0 Å². The van der Waals surface area contributed by atoms with Crippen LogP contribution in [0.15, 0.2) is 12.2 Å². The van der Waals surface area contributed by atoms with Gasteiger partial charge in [-0.3, -0.25) is 28.8 Å². The maximum Gasteiger partial charge on any atom is 0.323 e. The van der Waals surface area contributed by atoms with Crippen molar-refractivity contribution in [2.75, 3.05) is 26.2 Å². The average molecular weight is 346 g/mol. The number of amides is 2. The molecule has 0 aliphatic heterocycles. The van der Waals surface area contributed by atoms with E-state index in [-0.39, 0.29) is 0 Å². The highest BCUT2D eigenvalue weighted by molar-refractivity contribution is 5.99. The Kier molecular flexibility index (Phi) is 8.18. The number of hydrogen-bond donors (Lipinski definition) is 4. The Bertz CT molecular complexity index is 500. The van der Waals surface area contributed by atoms with Crippen molar-refractivity contribution in [1.82, 2.24) is 9.80 Å². The van der Waals surface area contributed by atoms with Crippen molar-refractivity contribution in [3.8, 4) is 0 Å². The molecule has 2 amide bonds. The van der Waals surface area contributed by atoms with Gasteiger partial charge in [0.15, 0.2) is 0 Å². The van der Waals surface area contributed by atoms with Crippen LogP contribution in [0.3, 0.4) is 0 Å². The van der Waals surface area contributed by atoms with Gasteiger partial charge in [-0.15, -0.1) is 0 Å². The number of carbonyl (C=O) groups excluding carboxylic acids is 2. The molecule has 132 valence electrons. The van der Waals surface area contributed by atoms with Crippen molar-refractivity contribution in [3.05, 3.63) is 12.2 Å². The lowest BCUT2D eigenvalue weighted by Crippen LogP contribution is -2.40. The molecule has 4 N–H and O–H groups in total. The molecule has 12 nitrogen and oxygen atoms in total. The standard InChI is InChI=1S/C12H14N2O10/c15-7(13(3-9(17)18)4-10(19)20)1-2-8(16)14(5-11(21)22)6-12(23)24/h1-2H,3-6H2,(H,17,18)(H,19,20)(H,21,22)(H,23,24). The number of hydrogen-bond acceptors (Lipinski definition) is 6. The van der Waals surface area contributed by atoms with Gasteiger partial charge in [-0.2, -0.15) is 0 Å². The highest BCUT2D eigenvalue weighted by Crippen LogP contribution is 1.96. The zero-order valence-corrected chi connectivity index (χ0v) is 12.1. The van der Waals surface area contributed by atoms with Gasteiger partial charge in [-0.05, 0) is 0 Å². The van der Waals surface area contributed by atoms with Gasteiger partial charge in [0.1, 0.15) is 26.2 Å². The summed E-state index contributed by atoms with van der Waals surface area (Å²) in [4.78, 5) is 66.5. The normalized spacial score (nSPS) is 10.2. The third kappa shape index (κ3) is 8.76. The summed E-state index contributed by atoms with van der Waals surface area (Å²) in [6, 6.07) is 0. The van der Waals surface area contributed by atoms with Crippen LogP contribution in [0.25, 0.3) is 0 Å². The summed E-state index contributed by atoms with van der Waals surface area (Å²) < 4.78 is 0. The van der Waals surface area contributed by atoms with E-state index >= 15 is 0 Å². The molecule has 0 aromatic rings. The number of rotatable bonds is 10. The van der Waals surface area contributed by atoms with E-state index in [4.69, 9.17) is 20.4 Å². The number of nitrogens with zero attached hydrogens (tertiary/aromatic N) is 2. The van der Waals surface area contributed by atoms with E-state index < -0.39 is 61.9 Å². The zero-order valence-electron chi connectivity index (χ0n) is 12.1. The smallest absolute Gasteiger partial charge is 0.323 e. The molecule has 0 aliphatic carbocycles. The van der Waals surface area contributed by atoms with Crippen molar-refractivity contribution in [3.63, 3.8) is 0 Å². The molecule has 0 atom stereocenters. The quantitative estimate of drug-likeness (QED) is 0.308. The third-order valence-electron chi connectivity index (χ3n) is 2.30. The molecule has 0 saturated carbocycles. The molecule has 0 spiro atoms. The second-order valence-corrected chi connectivity index (χ2v) is 4.30. The maximum absolute atomic E-state index is 11.7. The van der Waals surface area contributed by atoms with Crippen molar-refractivity contribution in [2.24, 2.45) is 0 Å².